The number of anilines is 2. The zero-order chi connectivity index (χ0) is 19.9. The van der Waals surface area contributed by atoms with Gasteiger partial charge in [0.05, 0.1) is 0 Å². The van der Waals surface area contributed by atoms with Crippen LogP contribution in [0.3, 0.4) is 0 Å². The van der Waals surface area contributed by atoms with E-state index in [2.05, 4.69) is 135 Å². The fraction of sp³-hybridized carbons (Fsp3) is 0.154. The van der Waals surface area contributed by atoms with Gasteiger partial charge in [0.15, 0.2) is 0 Å². The molecule has 0 aliphatic carbocycles. The second-order valence-electron chi connectivity index (χ2n) is 7.31. The van der Waals surface area contributed by atoms with Crippen LogP contribution in [0.2, 0.25) is 0 Å². The number of hydrogen-bond acceptors (Lipinski definition) is 2. The van der Waals surface area contributed by atoms with Crippen molar-refractivity contribution in [3.63, 3.8) is 0 Å². The largest absolute Gasteiger partial charge is 0.378 e. The van der Waals surface area contributed by atoms with Gasteiger partial charge in [-0.25, -0.2) is 0 Å². The first-order valence-electron chi connectivity index (χ1n) is 9.52. The van der Waals surface area contributed by atoms with Crippen molar-refractivity contribution in [2.75, 3.05) is 38.0 Å². The molecule has 0 radical (unpaired) electrons. The molecule has 142 valence electrons. The predicted octanol–water partition coefficient (Wildman–Crippen LogP) is 6.16. The van der Waals surface area contributed by atoms with Crippen LogP contribution in [0.1, 0.15) is 22.3 Å². The lowest BCUT2D eigenvalue weighted by atomic mass is 10.1. The Labute approximate surface area is 169 Å². The Morgan fingerprint density at radius 3 is 1.18 bits per heavy atom. The molecule has 0 aromatic heterocycles. The number of rotatable bonds is 6. The van der Waals surface area contributed by atoms with E-state index in [0.717, 1.165) is 0 Å². The van der Waals surface area contributed by atoms with E-state index in [4.69, 9.17) is 0 Å². The Balaban J connectivity index is 1.69. The lowest BCUT2D eigenvalue weighted by Gasteiger charge is -2.11. The van der Waals surface area contributed by atoms with Gasteiger partial charge in [-0.3, -0.25) is 0 Å². The molecule has 28 heavy (non-hydrogen) atoms. The van der Waals surface area contributed by atoms with Gasteiger partial charge in [-0.1, -0.05) is 66.8 Å². The maximum absolute atomic E-state index is 2.20. The molecular weight excluding hydrogens is 340 g/mol. The molecule has 0 spiro atoms. The third kappa shape index (κ3) is 5.37. The first-order valence-corrected chi connectivity index (χ1v) is 9.52. The quantitative estimate of drug-likeness (QED) is 0.481. The van der Waals surface area contributed by atoms with Gasteiger partial charge in [0, 0.05) is 39.6 Å². The monoisotopic (exact) mass is 368 g/mol. The van der Waals surface area contributed by atoms with Crippen molar-refractivity contribution < 1.29 is 0 Å². The van der Waals surface area contributed by atoms with Crippen LogP contribution in [0.4, 0.5) is 11.4 Å². The van der Waals surface area contributed by atoms with Gasteiger partial charge >= 0.3 is 0 Å². The van der Waals surface area contributed by atoms with Crippen molar-refractivity contribution in [2.45, 2.75) is 0 Å². The molecule has 0 heterocycles. The summed E-state index contributed by atoms with van der Waals surface area (Å²) in [6.45, 7) is 0. The van der Waals surface area contributed by atoms with Crippen LogP contribution in [0.5, 0.6) is 0 Å². The Bertz CT molecular complexity index is 870. The molecule has 2 heteroatoms. The summed E-state index contributed by atoms with van der Waals surface area (Å²) in [5.41, 5.74) is 7.22. The molecule has 0 fully saturated rings. The van der Waals surface area contributed by atoms with Crippen LogP contribution >= 0.6 is 0 Å². The van der Waals surface area contributed by atoms with Crippen LogP contribution in [-0.4, -0.2) is 28.2 Å². The highest BCUT2D eigenvalue weighted by molar-refractivity contribution is 5.75. The van der Waals surface area contributed by atoms with Crippen LogP contribution in [-0.2, 0) is 0 Å². The second-order valence-corrected chi connectivity index (χ2v) is 7.31. The Morgan fingerprint density at radius 2 is 0.821 bits per heavy atom. The summed E-state index contributed by atoms with van der Waals surface area (Å²) in [5, 5.41) is 0. The zero-order valence-electron chi connectivity index (χ0n) is 17.1. The van der Waals surface area contributed by atoms with Gasteiger partial charge in [0.1, 0.15) is 0 Å². The Hall–Kier alpha value is -3.26. The SMILES string of the molecule is CN(C)c1ccc(/C=C/c2cccc(/C=C/c3ccc(N(C)C)cc3)c2)cc1. The van der Waals surface area contributed by atoms with E-state index in [0.29, 0.717) is 0 Å². The van der Waals surface area contributed by atoms with Crippen LogP contribution in [0.25, 0.3) is 24.3 Å². The van der Waals surface area contributed by atoms with Crippen LogP contribution in [0.15, 0.2) is 72.8 Å². The first-order chi connectivity index (χ1) is 13.5. The molecule has 3 rings (SSSR count). The fourth-order valence-corrected chi connectivity index (χ4v) is 2.92. The highest BCUT2D eigenvalue weighted by Crippen LogP contribution is 2.17. The van der Waals surface area contributed by atoms with Gasteiger partial charge < -0.3 is 9.80 Å². The normalized spacial score (nSPS) is 11.3. The summed E-state index contributed by atoms with van der Waals surface area (Å²) in [6, 6.07) is 25.7. The lowest BCUT2D eigenvalue weighted by Crippen LogP contribution is -2.07. The third-order valence-electron chi connectivity index (χ3n) is 4.67. The van der Waals surface area contributed by atoms with Crippen LogP contribution in [0, 0.1) is 0 Å². The Kier molecular flexibility index (Phi) is 6.33. The molecule has 0 bridgehead atoms. The molecule has 3 aromatic rings. The lowest BCUT2D eigenvalue weighted by molar-refractivity contribution is 1.13. The van der Waals surface area contributed by atoms with Crippen molar-refractivity contribution in [3.05, 3.63) is 95.1 Å². The zero-order valence-corrected chi connectivity index (χ0v) is 17.1. The summed E-state index contributed by atoms with van der Waals surface area (Å²) in [5.74, 6) is 0. The molecule has 0 aliphatic heterocycles. The van der Waals surface area contributed by atoms with E-state index in [1.165, 1.54) is 33.6 Å². The van der Waals surface area contributed by atoms with Crippen molar-refractivity contribution >= 4 is 35.7 Å². The summed E-state index contributed by atoms with van der Waals surface area (Å²) < 4.78 is 0. The minimum Gasteiger partial charge on any atom is -0.378 e. The number of hydrogen-bond donors (Lipinski definition) is 0. The van der Waals surface area contributed by atoms with E-state index in [1.807, 2.05) is 0 Å². The summed E-state index contributed by atoms with van der Waals surface area (Å²) in [4.78, 5) is 4.22. The average molecular weight is 369 g/mol. The number of nitrogens with zero attached hydrogens (tertiary/aromatic N) is 2. The Morgan fingerprint density at radius 1 is 0.464 bits per heavy atom. The average Bonchev–Trinajstić information content (AvgIpc) is 2.71. The molecule has 0 aliphatic rings. The molecule has 0 N–H and O–H groups in total. The van der Waals surface area contributed by atoms with Gasteiger partial charge in [0.25, 0.3) is 0 Å². The van der Waals surface area contributed by atoms with Gasteiger partial charge in [-0.15, -0.1) is 0 Å². The van der Waals surface area contributed by atoms with Crippen molar-refractivity contribution in [1.82, 2.24) is 0 Å². The van der Waals surface area contributed by atoms with E-state index >= 15 is 0 Å². The molecular formula is C26H28N2. The van der Waals surface area contributed by atoms with Crippen molar-refractivity contribution in [1.29, 1.82) is 0 Å². The van der Waals surface area contributed by atoms with E-state index in [-0.39, 0.29) is 0 Å². The van der Waals surface area contributed by atoms with Gasteiger partial charge in [0.2, 0.25) is 0 Å². The summed E-state index contributed by atoms with van der Waals surface area (Å²) in [7, 11) is 8.22. The van der Waals surface area contributed by atoms with Crippen molar-refractivity contribution in [3.8, 4) is 0 Å². The highest BCUT2D eigenvalue weighted by Gasteiger charge is 1.96. The molecule has 0 saturated heterocycles. The van der Waals surface area contributed by atoms with Gasteiger partial charge in [-0.05, 0) is 52.6 Å². The maximum Gasteiger partial charge on any atom is 0.0361 e. The molecule has 3 aromatic carbocycles. The second kappa shape index (κ2) is 9.09. The van der Waals surface area contributed by atoms with Crippen molar-refractivity contribution in [2.24, 2.45) is 0 Å². The molecule has 2 nitrogen and oxygen atoms in total. The summed E-state index contributed by atoms with van der Waals surface area (Å²) in [6.07, 6.45) is 8.63. The fourth-order valence-electron chi connectivity index (χ4n) is 2.92. The first kappa shape index (κ1) is 19.5. The number of benzene rings is 3. The minimum absolute atomic E-state index is 1.20. The topological polar surface area (TPSA) is 6.48 Å². The molecule has 0 amide bonds. The van der Waals surface area contributed by atoms with Crippen LogP contribution < -0.4 is 9.80 Å². The minimum atomic E-state index is 1.20. The summed E-state index contributed by atoms with van der Waals surface area (Å²) >= 11 is 0. The smallest absolute Gasteiger partial charge is 0.0361 e. The standard InChI is InChI=1S/C26H28N2/c1-27(2)25-16-12-21(13-17-25)8-10-23-6-5-7-24(20-23)11-9-22-14-18-26(19-15-22)28(3)4/h5-20H,1-4H3/b10-8+,11-9+. The van der Waals surface area contributed by atoms with E-state index in [9.17, 15) is 0 Å². The molecule has 0 unspecified atom stereocenters. The van der Waals surface area contributed by atoms with E-state index in [1.54, 1.807) is 0 Å². The van der Waals surface area contributed by atoms with E-state index < -0.39 is 0 Å². The maximum atomic E-state index is 2.20. The third-order valence-corrected chi connectivity index (χ3v) is 4.67. The highest BCUT2D eigenvalue weighted by atomic mass is 15.1. The predicted molar refractivity (Wildman–Crippen MR) is 126 cm³/mol. The molecule has 0 saturated carbocycles. The van der Waals surface area contributed by atoms with Gasteiger partial charge in [-0.2, -0.15) is 0 Å². The molecule has 0 atom stereocenters.